The molecule has 2 aromatic rings. The Bertz CT molecular complexity index is 501. The molecule has 2 rings (SSSR count). The van der Waals surface area contributed by atoms with Crippen molar-refractivity contribution in [2.45, 2.75) is 26.7 Å². The molecule has 2 nitrogen and oxygen atoms in total. The van der Waals surface area contributed by atoms with Crippen molar-refractivity contribution in [2.75, 3.05) is 0 Å². The molecule has 0 spiro atoms. The molecule has 0 aliphatic carbocycles. The number of hydrogen-bond acceptors (Lipinski definition) is 3. The Kier molecular flexibility index (Phi) is 6.75. The molecule has 0 N–H and O–H groups in total. The molecule has 0 saturated carbocycles. The number of carbonyl (C=O) groups is 2. The second-order valence-corrected chi connectivity index (χ2v) is 4.84. The van der Waals surface area contributed by atoms with Crippen molar-refractivity contribution in [3.05, 3.63) is 58.3 Å². The summed E-state index contributed by atoms with van der Waals surface area (Å²) in [7, 11) is 0. The molecule has 0 aliphatic heterocycles. The molecule has 0 saturated heterocycles. The third-order valence-electron chi connectivity index (χ3n) is 2.53. The summed E-state index contributed by atoms with van der Waals surface area (Å²) in [6.45, 7) is 3.75. The van der Waals surface area contributed by atoms with Gasteiger partial charge in [-0.2, -0.15) is 0 Å². The van der Waals surface area contributed by atoms with Crippen molar-refractivity contribution in [1.29, 1.82) is 0 Å². The molecular formula is C16H18O2S. The van der Waals surface area contributed by atoms with Gasteiger partial charge in [0.05, 0.1) is 4.88 Å². The van der Waals surface area contributed by atoms with Gasteiger partial charge >= 0.3 is 0 Å². The number of ketones is 2. The number of Topliss-reactive ketones (excluding diaryl/α,β-unsaturated/α-hetero) is 2. The van der Waals surface area contributed by atoms with Gasteiger partial charge < -0.3 is 0 Å². The van der Waals surface area contributed by atoms with Crippen LogP contribution in [0.4, 0.5) is 0 Å². The van der Waals surface area contributed by atoms with Gasteiger partial charge in [-0.25, -0.2) is 0 Å². The molecule has 0 atom stereocenters. The monoisotopic (exact) mass is 274 g/mol. The maximum Gasteiger partial charge on any atom is 0.172 e. The number of hydrogen-bond donors (Lipinski definition) is 0. The molecule has 1 heterocycles. The smallest absolute Gasteiger partial charge is 0.172 e. The van der Waals surface area contributed by atoms with Crippen LogP contribution in [0.3, 0.4) is 0 Å². The maximum atomic E-state index is 11.0. The second kappa shape index (κ2) is 8.38. The quantitative estimate of drug-likeness (QED) is 0.762. The van der Waals surface area contributed by atoms with Crippen molar-refractivity contribution < 1.29 is 9.59 Å². The number of carbonyl (C=O) groups excluding carboxylic acids is 2. The predicted molar refractivity (Wildman–Crippen MR) is 80.0 cm³/mol. The summed E-state index contributed by atoms with van der Waals surface area (Å²) in [6.07, 6.45) is 1.20. The molecule has 0 radical (unpaired) electrons. The average Bonchev–Trinajstić information content (AvgIpc) is 3.01. The summed E-state index contributed by atoms with van der Waals surface area (Å²) in [6, 6.07) is 13.1. The first-order valence-corrected chi connectivity index (χ1v) is 7.22. The first-order chi connectivity index (χ1) is 9.19. The summed E-state index contributed by atoms with van der Waals surface area (Å²) in [5.41, 5.74) is 0.810. The van der Waals surface area contributed by atoms with Gasteiger partial charge in [0, 0.05) is 18.4 Å². The number of thiophene rings is 1. The SMILES string of the molecule is CCC(=O)c1ccccc1.CCC(=O)c1cccs1. The molecular weight excluding hydrogens is 256 g/mol. The fourth-order valence-corrected chi connectivity index (χ4v) is 2.18. The first-order valence-electron chi connectivity index (χ1n) is 6.34. The Hall–Kier alpha value is -1.74. The highest BCUT2D eigenvalue weighted by Crippen LogP contribution is 2.10. The van der Waals surface area contributed by atoms with E-state index in [0.717, 1.165) is 10.4 Å². The van der Waals surface area contributed by atoms with E-state index in [1.165, 1.54) is 11.3 Å². The fourth-order valence-electron chi connectivity index (χ4n) is 1.44. The number of benzene rings is 1. The maximum absolute atomic E-state index is 11.0. The van der Waals surface area contributed by atoms with E-state index in [2.05, 4.69) is 0 Å². The van der Waals surface area contributed by atoms with Crippen LogP contribution >= 0.6 is 11.3 Å². The largest absolute Gasteiger partial charge is 0.294 e. The molecule has 3 heteroatoms. The van der Waals surface area contributed by atoms with Gasteiger partial charge in [0.2, 0.25) is 0 Å². The third kappa shape index (κ3) is 5.18. The Morgan fingerprint density at radius 2 is 1.53 bits per heavy atom. The molecule has 0 unspecified atom stereocenters. The highest BCUT2D eigenvalue weighted by atomic mass is 32.1. The standard InChI is InChI=1S/C9H10O.C7H8OS/c1-2-9(10)8-6-4-3-5-7-8;1-2-6(8)7-4-3-5-9-7/h3-7H,2H2,1H3;3-5H,2H2,1H3. The summed E-state index contributed by atoms with van der Waals surface area (Å²) in [5, 5.41) is 1.92. The summed E-state index contributed by atoms with van der Waals surface area (Å²) >= 11 is 1.51. The fraction of sp³-hybridized carbons (Fsp3) is 0.250. The minimum Gasteiger partial charge on any atom is -0.294 e. The highest BCUT2D eigenvalue weighted by molar-refractivity contribution is 7.12. The Labute approximate surface area is 118 Å². The molecule has 19 heavy (non-hydrogen) atoms. The molecule has 100 valence electrons. The van der Waals surface area contributed by atoms with Crippen LogP contribution in [0.15, 0.2) is 47.8 Å². The van der Waals surface area contributed by atoms with Gasteiger partial charge in [0.25, 0.3) is 0 Å². The van der Waals surface area contributed by atoms with E-state index in [-0.39, 0.29) is 11.6 Å². The minimum atomic E-state index is 0.209. The first kappa shape index (κ1) is 15.3. The lowest BCUT2D eigenvalue weighted by atomic mass is 10.1. The Balaban J connectivity index is 0.000000191. The average molecular weight is 274 g/mol. The zero-order valence-corrected chi connectivity index (χ0v) is 12.1. The van der Waals surface area contributed by atoms with Crippen LogP contribution < -0.4 is 0 Å². The molecule has 0 aliphatic rings. The van der Waals surface area contributed by atoms with Crippen molar-refractivity contribution in [3.8, 4) is 0 Å². The molecule has 0 amide bonds. The van der Waals surface area contributed by atoms with E-state index in [1.807, 2.05) is 61.7 Å². The topological polar surface area (TPSA) is 34.1 Å². The van der Waals surface area contributed by atoms with E-state index in [0.29, 0.717) is 12.8 Å². The van der Waals surface area contributed by atoms with Crippen LogP contribution in [0.1, 0.15) is 46.7 Å². The van der Waals surface area contributed by atoms with Crippen molar-refractivity contribution in [3.63, 3.8) is 0 Å². The Morgan fingerprint density at radius 1 is 0.895 bits per heavy atom. The highest BCUT2D eigenvalue weighted by Gasteiger charge is 2.00. The zero-order valence-electron chi connectivity index (χ0n) is 11.3. The van der Waals surface area contributed by atoms with E-state index in [1.54, 1.807) is 0 Å². The van der Waals surface area contributed by atoms with Crippen molar-refractivity contribution in [1.82, 2.24) is 0 Å². The Morgan fingerprint density at radius 3 is 2.00 bits per heavy atom. The van der Waals surface area contributed by atoms with Crippen LogP contribution in [-0.2, 0) is 0 Å². The van der Waals surface area contributed by atoms with Gasteiger partial charge in [-0.15, -0.1) is 11.3 Å². The van der Waals surface area contributed by atoms with Gasteiger partial charge in [-0.1, -0.05) is 50.2 Å². The van der Waals surface area contributed by atoms with Crippen molar-refractivity contribution >= 4 is 22.9 Å². The van der Waals surface area contributed by atoms with E-state index >= 15 is 0 Å². The number of rotatable bonds is 4. The van der Waals surface area contributed by atoms with Crippen LogP contribution in [0, 0.1) is 0 Å². The predicted octanol–water partition coefficient (Wildman–Crippen LogP) is 4.62. The summed E-state index contributed by atoms with van der Waals surface area (Å²) < 4.78 is 0. The summed E-state index contributed by atoms with van der Waals surface area (Å²) in [5.74, 6) is 0.450. The van der Waals surface area contributed by atoms with Gasteiger partial charge in [-0.05, 0) is 11.4 Å². The zero-order chi connectivity index (χ0) is 14.1. The second-order valence-electron chi connectivity index (χ2n) is 3.90. The lowest BCUT2D eigenvalue weighted by Crippen LogP contribution is -1.94. The van der Waals surface area contributed by atoms with E-state index in [4.69, 9.17) is 0 Å². The van der Waals surface area contributed by atoms with Gasteiger partial charge in [0.1, 0.15) is 0 Å². The summed E-state index contributed by atoms with van der Waals surface area (Å²) in [4.78, 5) is 22.8. The molecule has 0 fully saturated rings. The minimum absolute atomic E-state index is 0.209. The molecule has 1 aromatic carbocycles. The van der Waals surface area contributed by atoms with Crippen LogP contribution in [-0.4, -0.2) is 11.6 Å². The van der Waals surface area contributed by atoms with Crippen LogP contribution in [0.5, 0.6) is 0 Å². The van der Waals surface area contributed by atoms with Gasteiger partial charge in [0.15, 0.2) is 11.6 Å². The molecule has 1 aromatic heterocycles. The van der Waals surface area contributed by atoms with Crippen LogP contribution in [0.2, 0.25) is 0 Å². The van der Waals surface area contributed by atoms with E-state index < -0.39 is 0 Å². The van der Waals surface area contributed by atoms with Gasteiger partial charge in [-0.3, -0.25) is 9.59 Å². The molecule has 0 bridgehead atoms. The van der Waals surface area contributed by atoms with E-state index in [9.17, 15) is 9.59 Å². The van der Waals surface area contributed by atoms with Crippen molar-refractivity contribution in [2.24, 2.45) is 0 Å². The van der Waals surface area contributed by atoms with Crippen LogP contribution in [0.25, 0.3) is 0 Å². The lowest BCUT2D eigenvalue weighted by Gasteiger charge is -1.93. The normalized spacial score (nSPS) is 9.37. The third-order valence-corrected chi connectivity index (χ3v) is 3.44. The lowest BCUT2D eigenvalue weighted by molar-refractivity contribution is 0.0982.